The first-order valence-corrected chi connectivity index (χ1v) is 7.99. The van der Waals surface area contributed by atoms with Gasteiger partial charge in [0.05, 0.1) is 7.11 Å². The smallest absolute Gasteiger partial charge is 0.224 e. The molecule has 0 amide bonds. The van der Waals surface area contributed by atoms with Crippen molar-refractivity contribution < 1.29 is 17.9 Å². The van der Waals surface area contributed by atoms with E-state index in [2.05, 4.69) is 15.9 Å². The van der Waals surface area contributed by atoms with Crippen LogP contribution in [0.15, 0.2) is 24.3 Å². The van der Waals surface area contributed by atoms with E-state index in [0.717, 1.165) is 5.75 Å². The summed E-state index contributed by atoms with van der Waals surface area (Å²) >= 11 is 2.94. The molecule has 1 aromatic carbocycles. The number of halogens is 1. The number of methoxy groups -OCH3 is 1. The highest BCUT2D eigenvalue weighted by Crippen LogP contribution is 2.16. The minimum absolute atomic E-state index is 0.0843. The van der Waals surface area contributed by atoms with E-state index in [4.69, 9.17) is 9.47 Å². The Labute approximate surface area is 116 Å². The largest absolute Gasteiger partial charge is 0.497 e. The number of likely N-dealkylation sites (N-methyl/N-ethyl adjacent to an activating group) is 1. The summed E-state index contributed by atoms with van der Waals surface area (Å²) in [5, 5.41) is 0. The zero-order chi connectivity index (χ0) is 13.6. The zero-order valence-corrected chi connectivity index (χ0v) is 12.7. The van der Waals surface area contributed by atoms with Crippen molar-refractivity contribution >= 4 is 26.0 Å². The van der Waals surface area contributed by atoms with Crippen LogP contribution in [0.2, 0.25) is 0 Å². The standard InChI is InChI=1S/C11H16BrNO4S/c1-13(18(14,15)9-12)7-8-17-11-5-3-10(16-2)4-6-11/h3-6H,7-9H2,1-2H3. The average molecular weight is 338 g/mol. The van der Waals surface area contributed by atoms with Crippen LogP contribution in [-0.2, 0) is 10.0 Å². The Hall–Kier alpha value is -0.790. The normalized spacial score (nSPS) is 11.6. The second-order valence-corrected chi connectivity index (χ2v) is 6.95. The van der Waals surface area contributed by atoms with Gasteiger partial charge in [-0.1, -0.05) is 15.9 Å². The summed E-state index contributed by atoms with van der Waals surface area (Å²) in [6, 6.07) is 7.12. The van der Waals surface area contributed by atoms with E-state index in [1.54, 1.807) is 31.4 Å². The first-order valence-electron chi connectivity index (χ1n) is 5.26. The van der Waals surface area contributed by atoms with E-state index in [0.29, 0.717) is 18.9 Å². The van der Waals surface area contributed by atoms with Gasteiger partial charge in [0.25, 0.3) is 0 Å². The van der Waals surface area contributed by atoms with Crippen LogP contribution in [0.25, 0.3) is 0 Å². The van der Waals surface area contributed by atoms with Crippen molar-refractivity contribution in [2.75, 3.05) is 32.0 Å². The van der Waals surface area contributed by atoms with Gasteiger partial charge in [-0.3, -0.25) is 0 Å². The molecule has 0 bridgehead atoms. The molecule has 0 saturated heterocycles. The van der Waals surface area contributed by atoms with Crippen LogP contribution < -0.4 is 9.47 Å². The van der Waals surface area contributed by atoms with Crippen molar-refractivity contribution in [2.24, 2.45) is 0 Å². The van der Waals surface area contributed by atoms with Gasteiger partial charge in [0.15, 0.2) is 0 Å². The second-order valence-electron chi connectivity index (χ2n) is 3.57. The zero-order valence-electron chi connectivity index (χ0n) is 10.3. The van der Waals surface area contributed by atoms with E-state index < -0.39 is 10.0 Å². The molecule has 1 rings (SSSR count). The fraction of sp³-hybridized carbons (Fsp3) is 0.455. The molecule has 102 valence electrons. The molecule has 0 atom stereocenters. The summed E-state index contributed by atoms with van der Waals surface area (Å²) in [5.74, 6) is 1.43. The van der Waals surface area contributed by atoms with Crippen LogP contribution in [0.4, 0.5) is 0 Å². The summed E-state index contributed by atoms with van der Waals surface area (Å²) in [6.45, 7) is 0.606. The number of hydrogen-bond acceptors (Lipinski definition) is 4. The SMILES string of the molecule is COc1ccc(OCCN(C)S(=O)(=O)CBr)cc1. The Morgan fingerprint density at radius 3 is 2.28 bits per heavy atom. The molecule has 0 N–H and O–H groups in total. The maximum Gasteiger partial charge on any atom is 0.224 e. The Morgan fingerprint density at radius 2 is 1.78 bits per heavy atom. The average Bonchev–Trinajstić information content (AvgIpc) is 2.39. The molecule has 0 aromatic heterocycles. The molecule has 0 unspecified atom stereocenters. The lowest BCUT2D eigenvalue weighted by molar-refractivity contribution is 0.287. The summed E-state index contributed by atoms with van der Waals surface area (Å²) in [6.07, 6.45) is 0. The number of nitrogens with zero attached hydrogens (tertiary/aromatic N) is 1. The molecule has 5 nitrogen and oxygen atoms in total. The molecule has 0 aliphatic rings. The van der Waals surface area contributed by atoms with E-state index in [-0.39, 0.29) is 4.66 Å². The third kappa shape index (κ3) is 4.47. The maximum absolute atomic E-state index is 11.4. The van der Waals surface area contributed by atoms with Gasteiger partial charge in [0.1, 0.15) is 22.8 Å². The van der Waals surface area contributed by atoms with Crippen molar-refractivity contribution in [3.8, 4) is 11.5 Å². The molecular formula is C11H16BrNO4S. The quantitative estimate of drug-likeness (QED) is 0.710. The van der Waals surface area contributed by atoms with E-state index >= 15 is 0 Å². The number of rotatable bonds is 7. The van der Waals surface area contributed by atoms with Gasteiger partial charge < -0.3 is 9.47 Å². The van der Waals surface area contributed by atoms with E-state index in [1.165, 1.54) is 11.4 Å². The molecule has 0 aliphatic heterocycles. The van der Waals surface area contributed by atoms with Crippen molar-refractivity contribution in [2.45, 2.75) is 0 Å². The highest BCUT2D eigenvalue weighted by molar-refractivity contribution is 9.10. The first-order chi connectivity index (χ1) is 8.49. The molecule has 18 heavy (non-hydrogen) atoms. The summed E-state index contributed by atoms with van der Waals surface area (Å²) in [7, 11) is -0.0983. The highest BCUT2D eigenvalue weighted by atomic mass is 79.9. The molecular weight excluding hydrogens is 322 g/mol. The predicted octanol–water partition coefficient (Wildman–Crippen LogP) is 1.69. The number of sulfonamides is 1. The fourth-order valence-corrected chi connectivity index (χ4v) is 2.75. The summed E-state index contributed by atoms with van der Waals surface area (Å²) < 4.78 is 34.5. The number of alkyl halides is 1. The van der Waals surface area contributed by atoms with E-state index in [9.17, 15) is 8.42 Å². The molecule has 0 aliphatic carbocycles. The molecule has 1 aromatic rings. The van der Waals surface area contributed by atoms with Crippen LogP contribution in [-0.4, -0.2) is 44.7 Å². The van der Waals surface area contributed by atoms with Crippen LogP contribution >= 0.6 is 15.9 Å². The molecule has 0 spiro atoms. The maximum atomic E-state index is 11.4. The molecule has 0 radical (unpaired) electrons. The van der Waals surface area contributed by atoms with Gasteiger partial charge >= 0.3 is 0 Å². The molecule has 0 heterocycles. The van der Waals surface area contributed by atoms with Crippen LogP contribution in [0.5, 0.6) is 11.5 Å². The molecule has 7 heteroatoms. The monoisotopic (exact) mass is 337 g/mol. The highest BCUT2D eigenvalue weighted by Gasteiger charge is 2.15. The third-order valence-electron chi connectivity index (χ3n) is 2.35. The third-order valence-corrected chi connectivity index (χ3v) is 5.49. The summed E-state index contributed by atoms with van der Waals surface area (Å²) in [5.41, 5.74) is 0. The van der Waals surface area contributed by atoms with Crippen LogP contribution in [0.1, 0.15) is 0 Å². The lowest BCUT2D eigenvalue weighted by Gasteiger charge is -2.15. The van der Waals surface area contributed by atoms with E-state index in [1.807, 2.05) is 0 Å². The van der Waals surface area contributed by atoms with Crippen LogP contribution in [0, 0.1) is 0 Å². The van der Waals surface area contributed by atoms with Crippen LogP contribution in [0.3, 0.4) is 0 Å². The van der Waals surface area contributed by atoms with Crippen molar-refractivity contribution in [3.63, 3.8) is 0 Å². The predicted molar refractivity (Wildman–Crippen MR) is 73.8 cm³/mol. The Morgan fingerprint density at radius 1 is 1.22 bits per heavy atom. The number of hydrogen-bond donors (Lipinski definition) is 0. The van der Waals surface area contributed by atoms with Gasteiger partial charge in [-0.25, -0.2) is 12.7 Å². The van der Waals surface area contributed by atoms with Crippen molar-refractivity contribution in [3.05, 3.63) is 24.3 Å². The van der Waals surface area contributed by atoms with Crippen molar-refractivity contribution in [1.82, 2.24) is 4.31 Å². The lowest BCUT2D eigenvalue weighted by atomic mass is 10.3. The second kappa shape index (κ2) is 6.96. The molecule has 0 saturated carbocycles. The first kappa shape index (κ1) is 15.3. The van der Waals surface area contributed by atoms with Gasteiger partial charge in [-0.15, -0.1) is 0 Å². The van der Waals surface area contributed by atoms with Gasteiger partial charge in [-0.2, -0.15) is 0 Å². The minimum atomic E-state index is -3.21. The fourth-order valence-electron chi connectivity index (χ4n) is 1.19. The number of ether oxygens (including phenoxy) is 2. The van der Waals surface area contributed by atoms with Crippen molar-refractivity contribution in [1.29, 1.82) is 0 Å². The Balaban J connectivity index is 2.42. The number of benzene rings is 1. The summed E-state index contributed by atoms with van der Waals surface area (Å²) in [4.78, 5) is 0. The minimum Gasteiger partial charge on any atom is -0.497 e. The topological polar surface area (TPSA) is 55.8 Å². The Kier molecular flexibility index (Phi) is 5.90. The van der Waals surface area contributed by atoms with Gasteiger partial charge in [0, 0.05) is 13.6 Å². The van der Waals surface area contributed by atoms with Gasteiger partial charge in [-0.05, 0) is 24.3 Å². The lowest BCUT2D eigenvalue weighted by Crippen LogP contribution is -2.31. The van der Waals surface area contributed by atoms with Gasteiger partial charge in [0.2, 0.25) is 10.0 Å². The Bertz CT molecular complexity index is 460. The molecule has 0 fully saturated rings.